The lowest BCUT2D eigenvalue weighted by atomic mass is 10.0. The van der Waals surface area contributed by atoms with E-state index in [9.17, 15) is 9.59 Å². The average Bonchev–Trinajstić information content (AvgIpc) is 3.38. The molecule has 2 aromatic heterocycles. The van der Waals surface area contributed by atoms with Crippen molar-refractivity contribution >= 4 is 27.3 Å². The van der Waals surface area contributed by atoms with Crippen LogP contribution in [0.4, 0.5) is 5.13 Å². The first kappa shape index (κ1) is 20.3. The first-order valence-electron chi connectivity index (χ1n) is 10.8. The molecule has 2 fully saturated rings. The monoisotopic (exact) mass is 418 g/mol. The van der Waals surface area contributed by atoms with Crippen LogP contribution in [0.1, 0.15) is 44.7 Å². The highest BCUT2D eigenvalue weighted by Crippen LogP contribution is 2.28. The molecule has 0 aromatic carbocycles. The van der Waals surface area contributed by atoms with Gasteiger partial charge in [0.2, 0.25) is 16.0 Å². The Labute approximate surface area is 174 Å². The molecule has 2 aliphatic rings. The Kier molecular flexibility index (Phi) is 6.44. The molecule has 158 valence electrons. The normalized spacial score (nSPS) is 18.6. The van der Waals surface area contributed by atoms with E-state index in [2.05, 4.69) is 20.3 Å². The van der Waals surface area contributed by atoms with E-state index in [4.69, 9.17) is 0 Å². The summed E-state index contributed by atoms with van der Waals surface area (Å²) in [6.45, 7) is 7.12. The smallest absolute Gasteiger partial charge is 0.275 e. The van der Waals surface area contributed by atoms with Crippen LogP contribution in [0, 0.1) is 5.92 Å². The zero-order valence-corrected chi connectivity index (χ0v) is 17.9. The second-order valence-corrected chi connectivity index (χ2v) is 9.00. The number of nitrogens with zero attached hydrogens (tertiary/aromatic N) is 5. The van der Waals surface area contributed by atoms with Crippen molar-refractivity contribution in [3.63, 3.8) is 0 Å². The largest absolute Gasteiger partial charge is 0.359 e. The van der Waals surface area contributed by atoms with Gasteiger partial charge in [-0.15, -0.1) is 5.10 Å². The number of carbonyl (C=O) groups is 1. The predicted octanol–water partition coefficient (Wildman–Crippen LogP) is 1.85. The Balaban J connectivity index is 1.21. The predicted molar refractivity (Wildman–Crippen MR) is 115 cm³/mol. The van der Waals surface area contributed by atoms with Crippen LogP contribution in [0.5, 0.6) is 0 Å². The summed E-state index contributed by atoms with van der Waals surface area (Å²) in [5.74, 6) is 0.961. The number of aryl methyl sites for hydroxylation is 1. The Morgan fingerprint density at radius 3 is 2.72 bits per heavy atom. The molecule has 1 saturated heterocycles. The highest BCUT2D eigenvalue weighted by Gasteiger charge is 2.25. The van der Waals surface area contributed by atoms with Gasteiger partial charge in [-0.2, -0.15) is 4.52 Å². The molecule has 0 spiro atoms. The van der Waals surface area contributed by atoms with Crippen LogP contribution in [-0.2, 0) is 11.2 Å². The molecular formula is C20H30N6O2S. The number of hydrogen-bond donors (Lipinski definition) is 1. The van der Waals surface area contributed by atoms with Crippen LogP contribution in [0.25, 0.3) is 4.96 Å². The molecule has 1 aliphatic carbocycles. The maximum absolute atomic E-state index is 12.5. The molecule has 0 unspecified atom stereocenters. The van der Waals surface area contributed by atoms with Gasteiger partial charge in [-0.25, -0.2) is 4.98 Å². The topological polar surface area (TPSA) is 82.8 Å². The van der Waals surface area contributed by atoms with Crippen LogP contribution >= 0.6 is 11.3 Å². The summed E-state index contributed by atoms with van der Waals surface area (Å²) in [5.41, 5.74) is 0.667. The zero-order valence-electron chi connectivity index (χ0n) is 17.1. The summed E-state index contributed by atoms with van der Waals surface area (Å²) < 4.78 is 1.36. The standard InChI is InChI=1S/C20H30N6O2S/c1-2-16-14-18(28)26-20(22-16)29-19(23-26)21-7-8-24-9-11-25(12-10-24)17(27)13-15-5-3-4-6-15/h14-15H,2-13H2,1H3,(H,21,23). The van der Waals surface area contributed by atoms with E-state index >= 15 is 0 Å². The van der Waals surface area contributed by atoms with Crippen LogP contribution in [-0.4, -0.2) is 69.6 Å². The summed E-state index contributed by atoms with van der Waals surface area (Å²) in [6.07, 6.45) is 6.51. The lowest BCUT2D eigenvalue weighted by molar-refractivity contribution is -0.133. The van der Waals surface area contributed by atoms with Crippen molar-refractivity contribution in [1.29, 1.82) is 0 Å². The van der Waals surface area contributed by atoms with E-state index < -0.39 is 0 Å². The van der Waals surface area contributed by atoms with Gasteiger partial charge in [0.1, 0.15) is 0 Å². The van der Waals surface area contributed by atoms with Gasteiger partial charge in [-0.1, -0.05) is 31.1 Å². The highest BCUT2D eigenvalue weighted by molar-refractivity contribution is 7.20. The fourth-order valence-corrected chi connectivity index (χ4v) is 5.09. The molecule has 9 heteroatoms. The molecule has 1 amide bonds. The first-order valence-corrected chi connectivity index (χ1v) is 11.6. The van der Waals surface area contributed by atoms with Crippen molar-refractivity contribution in [1.82, 2.24) is 24.4 Å². The first-order chi connectivity index (χ1) is 14.1. The van der Waals surface area contributed by atoms with Crippen molar-refractivity contribution in [2.75, 3.05) is 44.6 Å². The third-order valence-electron chi connectivity index (χ3n) is 6.03. The zero-order chi connectivity index (χ0) is 20.2. The van der Waals surface area contributed by atoms with Crippen LogP contribution in [0.15, 0.2) is 10.9 Å². The lowest BCUT2D eigenvalue weighted by Gasteiger charge is -2.35. The van der Waals surface area contributed by atoms with E-state index in [0.29, 0.717) is 21.9 Å². The van der Waals surface area contributed by atoms with Gasteiger partial charge in [-0.3, -0.25) is 14.5 Å². The van der Waals surface area contributed by atoms with Gasteiger partial charge in [0.25, 0.3) is 5.56 Å². The number of amides is 1. The summed E-state index contributed by atoms with van der Waals surface area (Å²) in [5, 5.41) is 8.36. The van der Waals surface area contributed by atoms with Crippen LogP contribution in [0.3, 0.4) is 0 Å². The molecule has 2 aromatic rings. The number of anilines is 1. The number of rotatable bonds is 7. The lowest BCUT2D eigenvalue weighted by Crippen LogP contribution is -2.49. The summed E-state index contributed by atoms with van der Waals surface area (Å²) in [6, 6.07) is 1.55. The Bertz CT molecular complexity index is 896. The summed E-state index contributed by atoms with van der Waals surface area (Å²) >= 11 is 1.41. The number of fused-ring (bicyclic) bond motifs is 1. The Morgan fingerprint density at radius 2 is 2.00 bits per heavy atom. The van der Waals surface area contributed by atoms with Crippen molar-refractivity contribution in [3.05, 3.63) is 22.1 Å². The van der Waals surface area contributed by atoms with E-state index in [0.717, 1.165) is 57.8 Å². The van der Waals surface area contributed by atoms with Crippen LogP contribution in [0.2, 0.25) is 0 Å². The molecule has 0 radical (unpaired) electrons. The van der Waals surface area contributed by atoms with E-state index in [1.807, 2.05) is 11.8 Å². The molecule has 4 rings (SSSR count). The fourth-order valence-electron chi connectivity index (χ4n) is 4.24. The van der Waals surface area contributed by atoms with E-state index in [1.165, 1.54) is 41.5 Å². The molecule has 1 aliphatic heterocycles. The fraction of sp³-hybridized carbons (Fsp3) is 0.700. The molecule has 1 saturated carbocycles. The molecular weight excluding hydrogens is 388 g/mol. The van der Waals surface area contributed by atoms with Gasteiger partial charge in [0.15, 0.2) is 0 Å². The number of nitrogens with one attached hydrogen (secondary N) is 1. The molecule has 29 heavy (non-hydrogen) atoms. The average molecular weight is 419 g/mol. The van der Waals surface area contributed by atoms with E-state index in [1.54, 1.807) is 6.07 Å². The Hall–Kier alpha value is -2.00. The van der Waals surface area contributed by atoms with Gasteiger partial charge in [0, 0.05) is 57.4 Å². The summed E-state index contributed by atoms with van der Waals surface area (Å²) in [7, 11) is 0. The van der Waals surface area contributed by atoms with Crippen molar-refractivity contribution in [2.24, 2.45) is 5.92 Å². The highest BCUT2D eigenvalue weighted by atomic mass is 32.1. The van der Waals surface area contributed by atoms with Crippen molar-refractivity contribution < 1.29 is 4.79 Å². The summed E-state index contributed by atoms with van der Waals surface area (Å²) in [4.78, 5) is 34.1. The number of aromatic nitrogens is 3. The maximum Gasteiger partial charge on any atom is 0.275 e. The van der Waals surface area contributed by atoms with Gasteiger partial charge in [0.05, 0.1) is 0 Å². The number of carbonyl (C=O) groups excluding carboxylic acids is 1. The molecule has 8 nitrogen and oxygen atoms in total. The van der Waals surface area contributed by atoms with Crippen molar-refractivity contribution in [2.45, 2.75) is 45.4 Å². The SMILES string of the molecule is CCc1cc(=O)n2nc(NCCN3CCN(C(=O)CC4CCCC4)CC3)sc2n1. The Morgan fingerprint density at radius 1 is 1.24 bits per heavy atom. The van der Waals surface area contributed by atoms with Crippen LogP contribution < -0.4 is 10.9 Å². The second-order valence-electron chi connectivity index (χ2n) is 8.04. The molecule has 0 atom stereocenters. The third kappa shape index (κ3) is 4.95. The maximum atomic E-state index is 12.5. The van der Waals surface area contributed by atoms with E-state index in [-0.39, 0.29) is 5.56 Å². The minimum Gasteiger partial charge on any atom is -0.359 e. The molecule has 1 N–H and O–H groups in total. The number of piperazine rings is 1. The number of hydrogen-bond acceptors (Lipinski definition) is 7. The van der Waals surface area contributed by atoms with Gasteiger partial charge in [-0.05, 0) is 25.2 Å². The third-order valence-corrected chi connectivity index (χ3v) is 6.89. The van der Waals surface area contributed by atoms with Gasteiger partial charge >= 0.3 is 0 Å². The molecule has 0 bridgehead atoms. The molecule has 3 heterocycles. The quantitative estimate of drug-likeness (QED) is 0.739. The minimum absolute atomic E-state index is 0.130. The minimum atomic E-state index is -0.130. The second kappa shape index (κ2) is 9.21. The van der Waals surface area contributed by atoms with Gasteiger partial charge < -0.3 is 10.2 Å². The van der Waals surface area contributed by atoms with Crippen molar-refractivity contribution in [3.8, 4) is 0 Å².